The summed E-state index contributed by atoms with van der Waals surface area (Å²) in [5.74, 6) is -0.308. The predicted octanol–water partition coefficient (Wildman–Crippen LogP) is 4.21. The van der Waals surface area contributed by atoms with E-state index in [4.69, 9.17) is 32.7 Å². The van der Waals surface area contributed by atoms with Crippen molar-refractivity contribution in [3.05, 3.63) is 63.6 Å². The number of halogens is 2. The fraction of sp³-hybridized carbons (Fsp3) is 0.261. The van der Waals surface area contributed by atoms with Gasteiger partial charge in [-0.05, 0) is 54.8 Å². The van der Waals surface area contributed by atoms with Crippen LogP contribution in [0, 0.1) is 11.3 Å². The largest absolute Gasteiger partial charge is 0.484 e. The highest BCUT2D eigenvalue weighted by molar-refractivity contribution is 6.42. The molecule has 3 rings (SSSR count). The van der Waals surface area contributed by atoms with Crippen molar-refractivity contribution in [2.75, 3.05) is 25.1 Å². The van der Waals surface area contributed by atoms with E-state index in [1.165, 1.54) is 12.1 Å². The summed E-state index contributed by atoms with van der Waals surface area (Å²) in [4.78, 5) is 24.3. The summed E-state index contributed by atoms with van der Waals surface area (Å²) in [6, 6.07) is 13.2. The highest BCUT2D eigenvalue weighted by atomic mass is 35.5. The molecule has 1 fully saturated rings. The molecule has 1 saturated heterocycles. The van der Waals surface area contributed by atoms with E-state index in [1.807, 2.05) is 6.07 Å². The number of nitrogens with one attached hydrogen (secondary N) is 2. The zero-order chi connectivity index (χ0) is 22.9. The third-order valence-electron chi connectivity index (χ3n) is 4.65. The van der Waals surface area contributed by atoms with Gasteiger partial charge in [0.15, 0.2) is 6.61 Å². The van der Waals surface area contributed by atoms with Crippen molar-refractivity contribution >= 4 is 46.8 Å². The number of rotatable bonds is 8. The topological polar surface area (TPSA) is 100 Å². The first-order chi connectivity index (χ1) is 15.4. The Morgan fingerprint density at radius 3 is 2.62 bits per heavy atom. The van der Waals surface area contributed by atoms with Crippen LogP contribution in [-0.2, 0) is 14.3 Å². The van der Waals surface area contributed by atoms with E-state index in [2.05, 4.69) is 10.6 Å². The summed E-state index contributed by atoms with van der Waals surface area (Å²) in [6.45, 7) is 1.10. The fourth-order valence-electron chi connectivity index (χ4n) is 2.98. The number of anilines is 1. The number of hydrogen-bond acceptors (Lipinski definition) is 5. The molecule has 2 amide bonds. The molecule has 0 bridgehead atoms. The van der Waals surface area contributed by atoms with E-state index in [0.717, 1.165) is 19.4 Å². The fourth-order valence-corrected chi connectivity index (χ4v) is 3.28. The Labute approximate surface area is 195 Å². The average molecular weight is 474 g/mol. The molecule has 0 unspecified atom stereocenters. The number of carbonyl (C=O) groups excluding carboxylic acids is 2. The van der Waals surface area contributed by atoms with Crippen molar-refractivity contribution in [2.45, 2.75) is 18.9 Å². The van der Waals surface area contributed by atoms with Gasteiger partial charge in [-0.25, -0.2) is 0 Å². The predicted molar refractivity (Wildman–Crippen MR) is 123 cm³/mol. The first-order valence-electron chi connectivity index (χ1n) is 9.94. The maximum absolute atomic E-state index is 12.4. The van der Waals surface area contributed by atoms with Crippen molar-refractivity contribution in [2.24, 2.45) is 0 Å². The first-order valence-corrected chi connectivity index (χ1v) is 10.7. The van der Waals surface area contributed by atoms with Gasteiger partial charge in [0, 0.05) is 18.8 Å². The van der Waals surface area contributed by atoms with E-state index in [9.17, 15) is 14.9 Å². The molecule has 1 aliphatic rings. The minimum atomic E-state index is -0.575. The maximum atomic E-state index is 12.4. The first kappa shape index (κ1) is 23.6. The molecule has 1 atom stereocenters. The minimum absolute atomic E-state index is 0.0771. The van der Waals surface area contributed by atoms with Gasteiger partial charge in [0.05, 0.1) is 16.1 Å². The lowest BCUT2D eigenvalue weighted by Crippen LogP contribution is -2.35. The molecule has 0 aromatic heterocycles. The second kappa shape index (κ2) is 11.5. The maximum Gasteiger partial charge on any atom is 0.266 e. The van der Waals surface area contributed by atoms with Gasteiger partial charge in [0.25, 0.3) is 11.8 Å². The van der Waals surface area contributed by atoms with Crippen LogP contribution in [0.4, 0.5) is 5.69 Å². The van der Waals surface area contributed by atoms with E-state index in [-0.39, 0.29) is 24.2 Å². The Hall–Kier alpha value is -3.05. The van der Waals surface area contributed by atoms with Gasteiger partial charge in [-0.3, -0.25) is 9.59 Å². The van der Waals surface area contributed by atoms with Crippen molar-refractivity contribution < 1.29 is 19.1 Å². The monoisotopic (exact) mass is 473 g/mol. The van der Waals surface area contributed by atoms with Crippen LogP contribution in [-0.4, -0.2) is 37.7 Å². The average Bonchev–Trinajstić information content (AvgIpc) is 3.31. The molecular weight excluding hydrogens is 453 g/mol. The molecule has 166 valence electrons. The molecule has 0 radical (unpaired) electrons. The van der Waals surface area contributed by atoms with Crippen LogP contribution in [0.25, 0.3) is 6.08 Å². The summed E-state index contributed by atoms with van der Waals surface area (Å²) < 4.78 is 10.9. The van der Waals surface area contributed by atoms with Gasteiger partial charge in [-0.1, -0.05) is 35.3 Å². The molecular formula is C23H21Cl2N3O4. The highest BCUT2D eigenvalue weighted by Gasteiger charge is 2.16. The minimum Gasteiger partial charge on any atom is -0.484 e. The third-order valence-corrected chi connectivity index (χ3v) is 5.39. The van der Waals surface area contributed by atoms with Crippen LogP contribution in [0.5, 0.6) is 5.75 Å². The summed E-state index contributed by atoms with van der Waals surface area (Å²) >= 11 is 11.8. The summed E-state index contributed by atoms with van der Waals surface area (Å²) in [5, 5.41) is 15.4. The van der Waals surface area contributed by atoms with Crippen molar-refractivity contribution in [3.8, 4) is 11.8 Å². The summed E-state index contributed by atoms with van der Waals surface area (Å²) in [6.07, 6.45) is 3.49. The molecule has 7 nitrogen and oxygen atoms in total. The second-order valence-electron chi connectivity index (χ2n) is 7.05. The van der Waals surface area contributed by atoms with Crippen LogP contribution in [0.3, 0.4) is 0 Å². The smallest absolute Gasteiger partial charge is 0.266 e. The number of ether oxygens (including phenoxy) is 2. The molecule has 0 saturated carbocycles. The van der Waals surface area contributed by atoms with Crippen LogP contribution in [0.2, 0.25) is 10.0 Å². The second-order valence-corrected chi connectivity index (χ2v) is 7.86. The Balaban J connectivity index is 1.52. The van der Waals surface area contributed by atoms with E-state index >= 15 is 0 Å². The number of carbonyl (C=O) groups is 2. The van der Waals surface area contributed by atoms with E-state index in [1.54, 1.807) is 36.4 Å². The standard InChI is InChI=1S/C23H21Cl2N3O4/c24-20-8-5-17(11-21(20)25)28-23(30)16(12-26)10-15-3-6-18(7-4-15)32-14-22(29)27-13-19-2-1-9-31-19/h3-8,10-11,19H,1-2,9,13-14H2,(H,27,29)(H,28,30)/b16-10+/t19-/m0/s1. The molecule has 2 aromatic carbocycles. The van der Waals surface area contributed by atoms with E-state index < -0.39 is 5.91 Å². The molecule has 2 aromatic rings. The number of amides is 2. The summed E-state index contributed by atoms with van der Waals surface area (Å²) in [5.41, 5.74) is 0.964. The van der Waals surface area contributed by atoms with Crippen LogP contribution in [0.1, 0.15) is 18.4 Å². The lowest BCUT2D eigenvalue weighted by atomic mass is 10.1. The molecule has 9 heteroatoms. The van der Waals surface area contributed by atoms with Crippen LogP contribution in [0.15, 0.2) is 48.0 Å². The molecule has 2 N–H and O–H groups in total. The zero-order valence-corrected chi connectivity index (χ0v) is 18.6. The van der Waals surface area contributed by atoms with Crippen LogP contribution >= 0.6 is 23.2 Å². The van der Waals surface area contributed by atoms with E-state index in [0.29, 0.717) is 33.6 Å². The zero-order valence-electron chi connectivity index (χ0n) is 17.1. The van der Waals surface area contributed by atoms with Crippen LogP contribution < -0.4 is 15.4 Å². The lowest BCUT2D eigenvalue weighted by molar-refractivity contribution is -0.123. The quantitative estimate of drug-likeness (QED) is 0.441. The Morgan fingerprint density at radius 2 is 1.97 bits per heavy atom. The van der Waals surface area contributed by atoms with Gasteiger partial charge < -0.3 is 20.1 Å². The third kappa shape index (κ3) is 6.99. The normalized spacial score (nSPS) is 15.7. The van der Waals surface area contributed by atoms with Gasteiger partial charge in [0.1, 0.15) is 17.4 Å². The molecule has 32 heavy (non-hydrogen) atoms. The Morgan fingerprint density at radius 1 is 1.19 bits per heavy atom. The van der Waals surface area contributed by atoms with Gasteiger partial charge in [-0.2, -0.15) is 5.26 Å². The van der Waals surface area contributed by atoms with Crippen molar-refractivity contribution in [1.82, 2.24) is 5.32 Å². The SMILES string of the molecule is N#C/C(=C\c1ccc(OCC(=O)NC[C@@H]2CCCO2)cc1)C(=O)Nc1ccc(Cl)c(Cl)c1. The lowest BCUT2D eigenvalue weighted by Gasteiger charge is -2.11. The van der Waals surface area contributed by atoms with Crippen molar-refractivity contribution in [3.63, 3.8) is 0 Å². The van der Waals surface area contributed by atoms with Gasteiger partial charge in [0.2, 0.25) is 0 Å². The highest BCUT2D eigenvalue weighted by Crippen LogP contribution is 2.25. The van der Waals surface area contributed by atoms with Gasteiger partial charge >= 0.3 is 0 Å². The molecule has 1 heterocycles. The number of nitrogens with zero attached hydrogens (tertiary/aromatic N) is 1. The summed E-state index contributed by atoms with van der Waals surface area (Å²) in [7, 11) is 0. The number of nitriles is 1. The molecule has 0 aliphatic carbocycles. The van der Waals surface area contributed by atoms with Crippen molar-refractivity contribution in [1.29, 1.82) is 5.26 Å². The Bertz CT molecular complexity index is 1040. The molecule has 0 spiro atoms. The van der Waals surface area contributed by atoms with Gasteiger partial charge in [-0.15, -0.1) is 0 Å². The number of benzene rings is 2. The number of hydrogen-bond donors (Lipinski definition) is 2. The Kier molecular flexibility index (Phi) is 8.51. The molecule has 1 aliphatic heterocycles.